The first kappa shape index (κ1) is 19.9. The van der Waals surface area contributed by atoms with Gasteiger partial charge in [0.15, 0.2) is 0 Å². The van der Waals surface area contributed by atoms with Crippen molar-refractivity contribution in [3.63, 3.8) is 0 Å². The van der Waals surface area contributed by atoms with E-state index < -0.39 is 6.04 Å². The van der Waals surface area contributed by atoms with E-state index in [1.54, 1.807) is 6.08 Å². The summed E-state index contributed by atoms with van der Waals surface area (Å²) < 4.78 is 4.40. The molecule has 1 aromatic rings. The Morgan fingerprint density at radius 3 is 2.45 bits per heavy atom. The van der Waals surface area contributed by atoms with Gasteiger partial charge in [-0.05, 0) is 18.4 Å². The fourth-order valence-corrected chi connectivity index (χ4v) is 1.52. The van der Waals surface area contributed by atoms with E-state index in [9.17, 15) is 9.59 Å². The number of methoxy groups -OCH3 is 1. The van der Waals surface area contributed by atoms with Crippen LogP contribution in [0.3, 0.4) is 0 Å². The normalized spacial score (nSPS) is 10.7. The van der Waals surface area contributed by atoms with E-state index in [4.69, 9.17) is 5.73 Å². The third kappa shape index (κ3) is 9.72. The summed E-state index contributed by atoms with van der Waals surface area (Å²) in [6, 6.07) is 9.86. The lowest BCUT2D eigenvalue weighted by atomic mass is 10.2. The van der Waals surface area contributed by atoms with Crippen LogP contribution in [0.5, 0.6) is 0 Å². The molecule has 0 aliphatic rings. The first-order valence-corrected chi connectivity index (χ1v) is 7.30. The fraction of sp³-hybridized carbons (Fsp3) is 0.412. The van der Waals surface area contributed by atoms with E-state index in [0.29, 0.717) is 6.42 Å². The van der Waals surface area contributed by atoms with Gasteiger partial charge in [0, 0.05) is 6.54 Å². The number of esters is 1. The van der Waals surface area contributed by atoms with Crippen LogP contribution in [0.15, 0.2) is 43.0 Å². The third-order valence-corrected chi connectivity index (χ3v) is 2.86. The molecular weight excluding hydrogens is 280 g/mol. The Morgan fingerprint density at radius 1 is 1.36 bits per heavy atom. The van der Waals surface area contributed by atoms with Gasteiger partial charge in [0.1, 0.15) is 0 Å². The molecule has 3 N–H and O–H groups in total. The average molecular weight is 306 g/mol. The number of hydrogen-bond donors (Lipinski definition) is 2. The van der Waals surface area contributed by atoms with Gasteiger partial charge in [0.05, 0.1) is 19.6 Å². The molecule has 0 heterocycles. The van der Waals surface area contributed by atoms with Gasteiger partial charge in [-0.1, -0.05) is 43.3 Å². The summed E-state index contributed by atoms with van der Waals surface area (Å²) >= 11 is 0. The second-order valence-corrected chi connectivity index (χ2v) is 4.59. The third-order valence-electron chi connectivity index (χ3n) is 2.86. The van der Waals surface area contributed by atoms with Gasteiger partial charge >= 0.3 is 5.97 Å². The van der Waals surface area contributed by atoms with Gasteiger partial charge in [0.25, 0.3) is 0 Å². The van der Waals surface area contributed by atoms with E-state index in [2.05, 4.69) is 47.8 Å². The highest BCUT2D eigenvalue weighted by Gasteiger charge is 2.11. The summed E-state index contributed by atoms with van der Waals surface area (Å²) in [5.41, 5.74) is 6.89. The number of ether oxygens (including phenoxy) is 1. The summed E-state index contributed by atoms with van der Waals surface area (Å²) in [4.78, 5) is 21.8. The highest BCUT2D eigenvalue weighted by atomic mass is 16.5. The van der Waals surface area contributed by atoms with Gasteiger partial charge in [-0.2, -0.15) is 0 Å². The minimum atomic E-state index is -0.592. The van der Waals surface area contributed by atoms with Crippen molar-refractivity contribution in [1.29, 1.82) is 0 Å². The molecule has 0 aliphatic carbocycles. The van der Waals surface area contributed by atoms with Crippen molar-refractivity contribution >= 4 is 11.9 Å². The highest BCUT2D eigenvalue weighted by molar-refractivity contribution is 5.82. The molecule has 1 unspecified atom stereocenters. The smallest absolute Gasteiger partial charge is 0.307 e. The zero-order chi connectivity index (χ0) is 16.8. The minimum Gasteiger partial charge on any atom is -0.469 e. The van der Waals surface area contributed by atoms with Crippen molar-refractivity contribution < 1.29 is 14.3 Å². The summed E-state index contributed by atoms with van der Waals surface area (Å²) in [6.07, 6.45) is 3.29. The number of carbonyl (C=O) groups is 2. The van der Waals surface area contributed by atoms with Crippen LogP contribution in [-0.4, -0.2) is 31.6 Å². The SMILES string of the molecule is C=CCC(N)C(=O)NCCC(=O)OC.CCc1ccccc1. The van der Waals surface area contributed by atoms with Gasteiger partial charge < -0.3 is 15.8 Å². The molecule has 5 heteroatoms. The summed E-state index contributed by atoms with van der Waals surface area (Å²) in [5.74, 6) is -0.642. The second kappa shape index (κ2) is 12.6. The number of hydrogen-bond acceptors (Lipinski definition) is 4. The maximum Gasteiger partial charge on any atom is 0.307 e. The maximum atomic E-state index is 11.2. The molecule has 0 fully saturated rings. The molecule has 0 saturated heterocycles. The lowest BCUT2D eigenvalue weighted by molar-refractivity contribution is -0.140. The molecule has 0 radical (unpaired) electrons. The number of rotatable bonds is 7. The molecule has 0 aromatic heterocycles. The average Bonchev–Trinajstić information content (AvgIpc) is 2.56. The first-order valence-electron chi connectivity index (χ1n) is 7.30. The van der Waals surface area contributed by atoms with E-state index in [1.165, 1.54) is 12.7 Å². The number of benzene rings is 1. The largest absolute Gasteiger partial charge is 0.469 e. The summed E-state index contributed by atoms with van der Waals surface area (Å²) in [5, 5.41) is 2.52. The van der Waals surface area contributed by atoms with Crippen molar-refractivity contribution in [2.45, 2.75) is 32.2 Å². The molecule has 1 rings (SSSR count). The molecule has 0 saturated carbocycles. The van der Waals surface area contributed by atoms with Crippen LogP contribution in [0.2, 0.25) is 0 Å². The molecule has 1 aromatic carbocycles. The maximum absolute atomic E-state index is 11.2. The molecule has 122 valence electrons. The Kier molecular flexibility index (Phi) is 11.4. The van der Waals surface area contributed by atoms with Gasteiger partial charge in [0.2, 0.25) is 5.91 Å². The van der Waals surface area contributed by atoms with Crippen LogP contribution >= 0.6 is 0 Å². The predicted molar refractivity (Wildman–Crippen MR) is 88.3 cm³/mol. The van der Waals surface area contributed by atoms with Crippen molar-refractivity contribution in [3.8, 4) is 0 Å². The van der Waals surface area contributed by atoms with Gasteiger partial charge in [-0.15, -0.1) is 6.58 Å². The van der Waals surface area contributed by atoms with Crippen LogP contribution in [0.1, 0.15) is 25.3 Å². The molecule has 22 heavy (non-hydrogen) atoms. The van der Waals surface area contributed by atoms with Gasteiger partial charge in [-0.3, -0.25) is 9.59 Å². The highest BCUT2D eigenvalue weighted by Crippen LogP contribution is 1.96. The monoisotopic (exact) mass is 306 g/mol. The summed E-state index contributed by atoms with van der Waals surface area (Å²) in [7, 11) is 1.30. The van der Waals surface area contributed by atoms with Crippen LogP contribution in [0, 0.1) is 0 Å². The van der Waals surface area contributed by atoms with E-state index in [1.807, 2.05) is 6.07 Å². The van der Waals surface area contributed by atoms with Crippen LogP contribution in [0.4, 0.5) is 0 Å². The minimum absolute atomic E-state index is 0.156. The Morgan fingerprint density at radius 2 is 2.00 bits per heavy atom. The van der Waals surface area contributed by atoms with Crippen LogP contribution < -0.4 is 11.1 Å². The van der Waals surface area contributed by atoms with Crippen molar-refractivity contribution in [3.05, 3.63) is 48.6 Å². The second-order valence-electron chi connectivity index (χ2n) is 4.59. The molecular formula is C17H26N2O3. The number of nitrogens with one attached hydrogen (secondary N) is 1. The van der Waals surface area contributed by atoms with E-state index in [0.717, 1.165) is 6.42 Å². The van der Waals surface area contributed by atoms with E-state index >= 15 is 0 Å². The molecule has 0 bridgehead atoms. The zero-order valence-electron chi connectivity index (χ0n) is 13.4. The zero-order valence-corrected chi connectivity index (χ0v) is 13.4. The Balaban J connectivity index is 0.000000461. The first-order chi connectivity index (χ1) is 10.5. The van der Waals surface area contributed by atoms with Crippen molar-refractivity contribution in [1.82, 2.24) is 5.32 Å². The van der Waals surface area contributed by atoms with Crippen molar-refractivity contribution in [2.24, 2.45) is 5.73 Å². The van der Waals surface area contributed by atoms with E-state index in [-0.39, 0.29) is 24.8 Å². The van der Waals surface area contributed by atoms with Crippen LogP contribution in [0.25, 0.3) is 0 Å². The molecule has 1 amide bonds. The molecule has 0 aliphatic heterocycles. The molecule has 1 atom stereocenters. The molecule has 0 spiro atoms. The summed E-state index contributed by atoms with van der Waals surface area (Å²) in [6.45, 7) is 5.88. The van der Waals surface area contributed by atoms with Crippen molar-refractivity contribution in [2.75, 3.05) is 13.7 Å². The Labute approximate surface area is 132 Å². The number of nitrogens with two attached hydrogens (primary N) is 1. The predicted octanol–water partition coefficient (Wildman–Crippen LogP) is 1.82. The topological polar surface area (TPSA) is 81.4 Å². The number of carbonyl (C=O) groups excluding carboxylic acids is 2. The Hall–Kier alpha value is -2.14. The molecule has 5 nitrogen and oxygen atoms in total. The number of amides is 1. The number of aryl methyl sites for hydroxylation is 1. The lowest BCUT2D eigenvalue weighted by Gasteiger charge is -2.09. The fourth-order valence-electron chi connectivity index (χ4n) is 1.52. The Bertz CT molecular complexity index is 446. The van der Waals surface area contributed by atoms with Gasteiger partial charge in [-0.25, -0.2) is 0 Å². The van der Waals surface area contributed by atoms with Crippen LogP contribution in [-0.2, 0) is 20.7 Å². The quantitative estimate of drug-likeness (QED) is 0.595. The lowest BCUT2D eigenvalue weighted by Crippen LogP contribution is -2.41. The standard InChI is InChI=1S/C9H16N2O3.C8H10/c1-3-4-7(10)9(13)11-6-5-8(12)14-2;1-2-8-6-4-3-5-7-8/h3,7H,1,4-6,10H2,2H3,(H,11,13);3-7H,2H2,1H3.